The Morgan fingerprint density at radius 1 is 1.03 bits per heavy atom. The molecule has 2 aromatic carbocycles. The summed E-state index contributed by atoms with van der Waals surface area (Å²) in [6.45, 7) is 13.1. The summed E-state index contributed by atoms with van der Waals surface area (Å²) in [5.41, 5.74) is 3.65. The number of phenols is 1. The third-order valence-electron chi connectivity index (χ3n) is 6.01. The minimum absolute atomic E-state index is 0.0362. The molecule has 0 aromatic heterocycles. The summed E-state index contributed by atoms with van der Waals surface area (Å²) in [6, 6.07) is 9.70. The fourth-order valence-corrected chi connectivity index (χ4v) is 4.12. The van der Waals surface area contributed by atoms with E-state index in [0.29, 0.717) is 12.2 Å². The van der Waals surface area contributed by atoms with Gasteiger partial charge in [-0.1, -0.05) is 47.6 Å². The summed E-state index contributed by atoms with van der Waals surface area (Å²) in [5, 5.41) is 11.5. The Kier molecular flexibility index (Phi) is 9.39. The number of carbonyl (C=O) groups excluding carboxylic acids is 2. The van der Waals surface area contributed by atoms with Gasteiger partial charge in [-0.2, -0.15) is 0 Å². The van der Waals surface area contributed by atoms with Gasteiger partial charge in [0.1, 0.15) is 29.2 Å². The molecule has 1 atom stereocenters. The molecule has 0 saturated heterocycles. The van der Waals surface area contributed by atoms with E-state index in [0.717, 1.165) is 16.7 Å². The third-order valence-corrected chi connectivity index (χ3v) is 6.01. The Morgan fingerprint density at radius 3 is 2.32 bits per heavy atom. The summed E-state index contributed by atoms with van der Waals surface area (Å²) in [5.74, 6) is -2.65. The summed E-state index contributed by atoms with van der Waals surface area (Å²) in [7, 11) is 0. The van der Waals surface area contributed by atoms with Gasteiger partial charge in [0.15, 0.2) is 0 Å². The number of cyclic esters (lactones) is 1. The maximum Gasteiger partial charge on any atom is 0.345 e. The minimum atomic E-state index is -1.24. The molecular weight excluding hydrogens is 484 g/mol. The first-order chi connectivity index (χ1) is 17.9. The maximum atomic E-state index is 13.4. The second kappa shape index (κ2) is 12.3. The maximum absolute atomic E-state index is 13.4. The van der Waals surface area contributed by atoms with Gasteiger partial charge in [0.2, 0.25) is 5.79 Å². The molecule has 1 aliphatic heterocycles. The van der Waals surface area contributed by atoms with Crippen molar-refractivity contribution in [3.05, 3.63) is 81.4 Å². The van der Waals surface area contributed by atoms with Crippen molar-refractivity contribution in [2.75, 3.05) is 6.61 Å². The summed E-state index contributed by atoms with van der Waals surface area (Å²) in [4.78, 5) is 26.7. The Balaban J connectivity index is 2.13. The molecule has 0 amide bonds. The van der Waals surface area contributed by atoms with Gasteiger partial charge in [-0.15, -0.1) is 0 Å². The Bertz CT molecular complexity index is 1230. The van der Waals surface area contributed by atoms with Crippen LogP contribution < -0.4 is 4.74 Å². The highest BCUT2D eigenvalue weighted by atomic mass is 16.7. The van der Waals surface area contributed by atoms with Crippen molar-refractivity contribution in [3.63, 3.8) is 0 Å². The van der Waals surface area contributed by atoms with Crippen LogP contribution in [0.2, 0.25) is 0 Å². The van der Waals surface area contributed by atoms with Crippen molar-refractivity contribution >= 4 is 11.9 Å². The first kappa shape index (κ1) is 29.0. The SMILES string of the molecule is CC(C)=CCOC(=O)c1c(O)c(CC=C(C)C)c2c(c1C[C@@H](C)OCc1ccccc1)C(=O)OC(C)(C)O2. The number of fused-ring (bicyclic) bond motifs is 1. The number of rotatable bonds is 10. The van der Waals surface area contributed by atoms with Crippen LogP contribution in [-0.4, -0.2) is 35.5 Å². The smallest absolute Gasteiger partial charge is 0.345 e. The van der Waals surface area contributed by atoms with E-state index in [1.807, 2.05) is 71.0 Å². The molecule has 0 aliphatic carbocycles. The zero-order valence-corrected chi connectivity index (χ0v) is 23.3. The predicted octanol–water partition coefficient (Wildman–Crippen LogP) is 6.46. The van der Waals surface area contributed by atoms with Crippen molar-refractivity contribution < 1.29 is 33.6 Å². The normalized spacial score (nSPS) is 14.4. The van der Waals surface area contributed by atoms with E-state index in [-0.39, 0.29) is 47.6 Å². The highest BCUT2D eigenvalue weighted by molar-refractivity contribution is 6.03. The second-order valence-electron chi connectivity index (χ2n) is 10.5. The summed E-state index contributed by atoms with van der Waals surface area (Å²) in [6.07, 6.45) is 3.67. The van der Waals surface area contributed by atoms with E-state index >= 15 is 0 Å². The number of hydrogen-bond donors (Lipinski definition) is 1. The number of ether oxygens (including phenoxy) is 4. The Hall–Kier alpha value is -3.58. The zero-order chi connectivity index (χ0) is 28.0. The number of benzene rings is 2. The quantitative estimate of drug-likeness (QED) is 0.283. The van der Waals surface area contributed by atoms with Gasteiger partial charge in [0, 0.05) is 25.8 Å². The number of phenolic OH excluding ortho intramolecular Hbond substituents is 1. The molecule has 2 aromatic rings. The molecule has 3 rings (SSSR count). The molecule has 0 saturated carbocycles. The van der Waals surface area contributed by atoms with Crippen LogP contribution in [0.15, 0.2) is 53.6 Å². The average Bonchev–Trinajstić information content (AvgIpc) is 2.81. The van der Waals surface area contributed by atoms with Gasteiger partial charge in [-0.25, -0.2) is 9.59 Å². The molecule has 0 bridgehead atoms. The zero-order valence-electron chi connectivity index (χ0n) is 23.3. The molecule has 1 heterocycles. The van der Waals surface area contributed by atoms with Crippen LogP contribution in [0.5, 0.6) is 11.5 Å². The topological polar surface area (TPSA) is 91.3 Å². The largest absolute Gasteiger partial charge is 0.507 e. The van der Waals surface area contributed by atoms with Crippen LogP contribution in [-0.2, 0) is 33.7 Å². The lowest BCUT2D eigenvalue weighted by atomic mass is 9.89. The highest BCUT2D eigenvalue weighted by Gasteiger charge is 2.41. The minimum Gasteiger partial charge on any atom is -0.507 e. The van der Waals surface area contributed by atoms with Crippen LogP contribution in [0.1, 0.15) is 85.9 Å². The van der Waals surface area contributed by atoms with E-state index in [9.17, 15) is 14.7 Å². The van der Waals surface area contributed by atoms with Gasteiger partial charge < -0.3 is 24.1 Å². The van der Waals surface area contributed by atoms with Gasteiger partial charge >= 0.3 is 11.9 Å². The number of esters is 2. The molecule has 1 N–H and O–H groups in total. The van der Waals surface area contributed by atoms with E-state index in [2.05, 4.69) is 0 Å². The van der Waals surface area contributed by atoms with Crippen LogP contribution in [0, 0.1) is 0 Å². The molecule has 0 unspecified atom stereocenters. The molecule has 1 aliphatic rings. The van der Waals surface area contributed by atoms with Crippen molar-refractivity contribution in [2.45, 2.75) is 79.8 Å². The third kappa shape index (κ3) is 7.25. The van der Waals surface area contributed by atoms with Crippen LogP contribution >= 0.6 is 0 Å². The average molecular weight is 523 g/mol. The fraction of sp³-hybridized carbons (Fsp3) is 0.419. The van der Waals surface area contributed by atoms with E-state index < -0.39 is 23.8 Å². The molecule has 0 spiro atoms. The van der Waals surface area contributed by atoms with Gasteiger partial charge in [0.25, 0.3) is 0 Å². The van der Waals surface area contributed by atoms with E-state index in [1.54, 1.807) is 19.9 Å². The Labute approximate surface area is 225 Å². The lowest BCUT2D eigenvalue weighted by molar-refractivity contribution is -0.128. The molecule has 38 heavy (non-hydrogen) atoms. The summed E-state index contributed by atoms with van der Waals surface area (Å²) >= 11 is 0. The molecule has 7 heteroatoms. The van der Waals surface area contributed by atoms with E-state index in [4.69, 9.17) is 18.9 Å². The van der Waals surface area contributed by atoms with Crippen molar-refractivity contribution in [1.82, 2.24) is 0 Å². The molecule has 0 fully saturated rings. The van der Waals surface area contributed by atoms with Crippen LogP contribution in [0.25, 0.3) is 0 Å². The molecule has 0 radical (unpaired) electrons. The standard InChI is InChI=1S/C31H38O7/c1-19(2)13-14-23-27(32)25(29(33)35-16-15-20(3)4)24(26-28(23)37-31(6,7)38-30(26)34)17-21(5)36-18-22-11-9-8-10-12-22/h8-13,15,21,32H,14,16-18H2,1-7H3/t21-/m1/s1. The number of carbonyl (C=O) groups is 2. The van der Waals surface area contributed by atoms with Gasteiger partial charge in [0.05, 0.1) is 12.7 Å². The van der Waals surface area contributed by atoms with Crippen molar-refractivity contribution in [3.8, 4) is 11.5 Å². The van der Waals surface area contributed by atoms with Gasteiger partial charge in [-0.3, -0.25) is 0 Å². The fourth-order valence-electron chi connectivity index (χ4n) is 4.12. The monoisotopic (exact) mass is 522 g/mol. The molecule has 7 nitrogen and oxygen atoms in total. The molecule has 204 valence electrons. The predicted molar refractivity (Wildman–Crippen MR) is 145 cm³/mol. The first-order valence-electron chi connectivity index (χ1n) is 12.8. The lowest BCUT2D eigenvalue weighted by Crippen LogP contribution is -2.40. The second-order valence-corrected chi connectivity index (χ2v) is 10.5. The lowest BCUT2D eigenvalue weighted by Gasteiger charge is -2.35. The van der Waals surface area contributed by atoms with Crippen LogP contribution in [0.3, 0.4) is 0 Å². The highest BCUT2D eigenvalue weighted by Crippen LogP contribution is 2.45. The van der Waals surface area contributed by atoms with Crippen molar-refractivity contribution in [1.29, 1.82) is 0 Å². The van der Waals surface area contributed by atoms with Crippen molar-refractivity contribution in [2.24, 2.45) is 0 Å². The number of allylic oxidation sites excluding steroid dienone is 3. The van der Waals surface area contributed by atoms with Gasteiger partial charge in [-0.05, 0) is 58.2 Å². The number of hydrogen-bond acceptors (Lipinski definition) is 7. The molecular formula is C31H38O7. The van der Waals surface area contributed by atoms with E-state index in [1.165, 1.54) is 0 Å². The Morgan fingerprint density at radius 2 is 1.68 bits per heavy atom. The first-order valence-corrected chi connectivity index (χ1v) is 12.8. The van der Waals surface area contributed by atoms with Crippen LogP contribution in [0.4, 0.5) is 0 Å². The number of aromatic hydroxyl groups is 1. The summed E-state index contributed by atoms with van der Waals surface area (Å²) < 4.78 is 23.2.